The fourth-order valence-corrected chi connectivity index (χ4v) is 3.07. The van der Waals surface area contributed by atoms with Gasteiger partial charge in [0.1, 0.15) is 6.04 Å². The number of amides is 2. The van der Waals surface area contributed by atoms with E-state index in [9.17, 15) is 14.4 Å². The average Bonchev–Trinajstić information content (AvgIpc) is 2.66. The molecule has 1 fully saturated rings. The Morgan fingerprint density at radius 1 is 1.07 bits per heavy atom. The van der Waals surface area contributed by atoms with E-state index in [1.165, 1.54) is 0 Å². The van der Waals surface area contributed by atoms with Crippen molar-refractivity contribution in [1.82, 2.24) is 10.2 Å². The van der Waals surface area contributed by atoms with Gasteiger partial charge in [-0.1, -0.05) is 43.7 Å². The first kappa shape index (κ1) is 21.1. The predicted molar refractivity (Wildman–Crippen MR) is 104 cm³/mol. The van der Waals surface area contributed by atoms with Gasteiger partial charge in [-0.2, -0.15) is 0 Å². The third-order valence-electron chi connectivity index (χ3n) is 4.62. The number of hydrogen-bond donors (Lipinski definition) is 1. The smallest absolute Gasteiger partial charge is 0.245 e. The monoisotopic (exact) mass is 374 g/mol. The van der Waals surface area contributed by atoms with Gasteiger partial charge in [-0.3, -0.25) is 14.4 Å². The highest BCUT2D eigenvalue weighted by Crippen LogP contribution is 2.11. The second-order valence-electron chi connectivity index (χ2n) is 7.48. The molecule has 2 amide bonds. The van der Waals surface area contributed by atoms with Crippen LogP contribution >= 0.6 is 0 Å². The summed E-state index contributed by atoms with van der Waals surface area (Å²) in [4.78, 5) is 39.1. The van der Waals surface area contributed by atoms with E-state index in [-0.39, 0.29) is 36.4 Å². The van der Waals surface area contributed by atoms with Crippen LogP contribution in [0.3, 0.4) is 0 Å². The number of hydrogen-bond acceptors (Lipinski definition) is 4. The number of nitrogens with zero attached hydrogens (tertiary/aromatic N) is 1. The van der Waals surface area contributed by atoms with Crippen molar-refractivity contribution < 1.29 is 19.1 Å². The number of morpholine rings is 1. The van der Waals surface area contributed by atoms with Gasteiger partial charge in [0.15, 0.2) is 5.78 Å². The van der Waals surface area contributed by atoms with Crippen LogP contribution in [-0.2, 0) is 14.3 Å². The number of nitrogens with one attached hydrogen (secondary N) is 1. The van der Waals surface area contributed by atoms with Crippen molar-refractivity contribution >= 4 is 17.6 Å². The molecule has 148 valence electrons. The molecule has 0 unspecified atom stereocenters. The zero-order valence-corrected chi connectivity index (χ0v) is 16.5. The molecule has 1 aromatic rings. The van der Waals surface area contributed by atoms with E-state index in [2.05, 4.69) is 5.32 Å². The summed E-state index contributed by atoms with van der Waals surface area (Å²) in [6.07, 6.45) is 0.792. The minimum absolute atomic E-state index is 0.0646. The minimum Gasteiger partial charge on any atom is -0.378 e. The summed E-state index contributed by atoms with van der Waals surface area (Å²) < 4.78 is 5.29. The molecule has 1 heterocycles. The lowest BCUT2D eigenvalue weighted by Crippen LogP contribution is -2.52. The number of carbonyl (C=O) groups is 3. The summed E-state index contributed by atoms with van der Waals surface area (Å²) in [5.41, 5.74) is 1.69. The highest BCUT2D eigenvalue weighted by molar-refractivity contribution is 5.98. The summed E-state index contributed by atoms with van der Waals surface area (Å²) in [5, 5.41) is 2.84. The van der Waals surface area contributed by atoms with Gasteiger partial charge in [-0.15, -0.1) is 0 Å². The maximum absolute atomic E-state index is 12.7. The Kier molecular flexibility index (Phi) is 7.98. The standard InChI is InChI=1S/C21H30N2O4/c1-15(2)14-18(21(26)23-10-12-27-13-11-23)22-20(25)9-8-19(24)17-6-4-16(3)5-7-17/h4-7,15,18H,8-14H2,1-3H3,(H,22,25)/t18-/m0/s1. The molecule has 6 nitrogen and oxygen atoms in total. The number of carbonyl (C=O) groups excluding carboxylic acids is 3. The van der Waals surface area contributed by atoms with E-state index in [0.29, 0.717) is 38.3 Å². The van der Waals surface area contributed by atoms with Gasteiger partial charge in [-0.05, 0) is 19.3 Å². The average molecular weight is 374 g/mol. The first-order chi connectivity index (χ1) is 12.9. The van der Waals surface area contributed by atoms with Crippen LogP contribution in [0.4, 0.5) is 0 Å². The Labute approximate surface area is 161 Å². The third kappa shape index (κ3) is 6.79. The van der Waals surface area contributed by atoms with Crippen LogP contribution in [0.5, 0.6) is 0 Å². The molecule has 1 aliphatic heterocycles. The van der Waals surface area contributed by atoms with Crippen LogP contribution in [0, 0.1) is 12.8 Å². The number of benzene rings is 1. The van der Waals surface area contributed by atoms with Crippen LogP contribution in [-0.4, -0.2) is 54.8 Å². The van der Waals surface area contributed by atoms with Gasteiger partial charge in [0.25, 0.3) is 0 Å². The Balaban J connectivity index is 1.89. The molecular formula is C21H30N2O4. The Bertz CT molecular complexity index is 649. The van der Waals surface area contributed by atoms with E-state index in [1.54, 1.807) is 17.0 Å². The minimum atomic E-state index is -0.551. The van der Waals surface area contributed by atoms with E-state index >= 15 is 0 Å². The molecular weight excluding hydrogens is 344 g/mol. The number of rotatable bonds is 8. The number of ketones is 1. The molecule has 0 bridgehead atoms. The van der Waals surface area contributed by atoms with E-state index in [4.69, 9.17) is 4.74 Å². The SMILES string of the molecule is Cc1ccc(C(=O)CCC(=O)N[C@@H](CC(C)C)C(=O)N2CCOCC2)cc1. The Morgan fingerprint density at radius 3 is 2.30 bits per heavy atom. The number of aryl methyl sites for hydroxylation is 1. The predicted octanol–water partition coefficient (Wildman–Crippen LogP) is 2.35. The van der Waals surface area contributed by atoms with Gasteiger partial charge in [0.2, 0.25) is 11.8 Å². The quantitative estimate of drug-likeness (QED) is 0.709. The molecule has 0 radical (unpaired) electrons. The topological polar surface area (TPSA) is 75.7 Å². The molecule has 27 heavy (non-hydrogen) atoms. The van der Waals surface area contributed by atoms with E-state index in [0.717, 1.165) is 5.56 Å². The lowest BCUT2D eigenvalue weighted by Gasteiger charge is -2.31. The molecule has 1 aliphatic rings. The highest BCUT2D eigenvalue weighted by Gasteiger charge is 2.27. The van der Waals surface area contributed by atoms with Crippen molar-refractivity contribution in [1.29, 1.82) is 0 Å². The van der Waals surface area contributed by atoms with Crippen molar-refractivity contribution in [3.63, 3.8) is 0 Å². The van der Waals surface area contributed by atoms with E-state index < -0.39 is 6.04 Å². The molecule has 0 aromatic heterocycles. The molecule has 1 atom stereocenters. The molecule has 2 rings (SSSR count). The van der Waals surface area contributed by atoms with Crippen LogP contribution in [0.2, 0.25) is 0 Å². The van der Waals surface area contributed by atoms with Gasteiger partial charge >= 0.3 is 0 Å². The van der Waals surface area contributed by atoms with Gasteiger partial charge in [0.05, 0.1) is 13.2 Å². The molecule has 0 aliphatic carbocycles. The number of Topliss-reactive ketones (excluding diaryl/α,β-unsaturated/α-hetero) is 1. The van der Waals surface area contributed by atoms with Gasteiger partial charge < -0.3 is 15.0 Å². The van der Waals surface area contributed by atoms with Crippen LogP contribution < -0.4 is 5.32 Å². The lowest BCUT2D eigenvalue weighted by atomic mass is 10.0. The van der Waals surface area contributed by atoms with Gasteiger partial charge in [0, 0.05) is 31.5 Å². The van der Waals surface area contributed by atoms with Gasteiger partial charge in [-0.25, -0.2) is 0 Å². The van der Waals surface area contributed by atoms with Crippen molar-refractivity contribution in [2.75, 3.05) is 26.3 Å². The second kappa shape index (κ2) is 10.2. The van der Waals surface area contributed by atoms with Crippen LogP contribution in [0.1, 0.15) is 49.0 Å². The fourth-order valence-electron chi connectivity index (χ4n) is 3.07. The summed E-state index contributed by atoms with van der Waals surface area (Å²) in [6, 6.07) is 6.77. The second-order valence-corrected chi connectivity index (χ2v) is 7.48. The van der Waals surface area contributed by atoms with Crippen molar-refractivity contribution in [3.8, 4) is 0 Å². The zero-order chi connectivity index (χ0) is 19.8. The highest BCUT2D eigenvalue weighted by atomic mass is 16.5. The first-order valence-corrected chi connectivity index (χ1v) is 9.62. The van der Waals surface area contributed by atoms with Crippen molar-refractivity contribution in [2.24, 2.45) is 5.92 Å². The fraction of sp³-hybridized carbons (Fsp3) is 0.571. The lowest BCUT2D eigenvalue weighted by molar-refractivity contribution is -0.140. The molecule has 0 saturated carbocycles. The molecule has 0 spiro atoms. The molecule has 6 heteroatoms. The number of ether oxygens (including phenoxy) is 1. The molecule has 1 aromatic carbocycles. The Morgan fingerprint density at radius 2 is 1.70 bits per heavy atom. The first-order valence-electron chi connectivity index (χ1n) is 9.62. The summed E-state index contributed by atoms with van der Waals surface area (Å²) in [7, 11) is 0. The maximum Gasteiger partial charge on any atom is 0.245 e. The zero-order valence-electron chi connectivity index (χ0n) is 16.5. The van der Waals surface area contributed by atoms with Crippen molar-refractivity contribution in [2.45, 2.75) is 46.1 Å². The van der Waals surface area contributed by atoms with Crippen LogP contribution in [0.25, 0.3) is 0 Å². The Hall–Kier alpha value is -2.21. The summed E-state index contributed by atoms with van der Waals surface area (Å²) in [6.45, 7) is 8.16. The summed E-state index contributed by atoms with van der Waals surface area (Å²) in [5.74, 6) is -0.118. The summed E-state index contributed by atoms with van der Waals surface area (Å²) >= 11 is 0. The third-order valence-corrected chi connectivity index (χ3v) is 4.62. The maximum atomic E-state index is 12.7. The molecule has 1 N–H and O–H groups in total. The van der Waals surface area contributed by atoms with E-state index in [1.807, 2.05) is 32.9 Å². The molecule has 1 saturated heterocycles. The largest absolute Gasteiger partial charge is 0.378 e. The van der Waals surface area contributed by atoms with Crippen LogP contribution in [0.15, 0.2) is 24.3 Å². The normalized spacial score (nSPS) is 15.5. The van der Waals surface area contributed by atoms with Crippen molar-refractivity contribution in [3.05, 3.63) is 35.4 Å².